The molecule has 2 aromatic rings. The topological polar surface area (TPSA) is 60.9 Å². The van der Waals surface area contributed by atoms with Gasteiger partial charge in [0.25, 0.3) is 5.91 Å². The monoisotopic (exact) mass is 360 g/mol. The molecule has 1 N–H and O–H groups in total. The molecule has 1 saturated heterocycles. The van der Waals surface area contributed by atoms with Crippen molar-refractivity contribution in [1.82, 2.24) is 4.90 Å². The summed E-state index contributed by atoms with van der Waals surface area (Å²) in [6.07, 6.45) is 0.512. The highest BCUT2D eigenvalue weighted by atomic mass is 35.5. The molecule has 0 aromatic heterocycles. The SMILES string of the molecule is CN(c1ccccc1)c1ccccc1C(=O)N1CCC(C(=O)O)C1.Cl. The van der Waals surface area contributed by atoms with Gasteiger partial charge in [-0.2, -0.15) is 0 Å². The van der Waals surface area contributed by atoms with E-state index in [0.29, 0.717) is 18.5 Å². The van der Waals surface area contributed by atoms with Crippen LogP contribution in [0.25, 0.3) is 0 Å². The highest BCUT2D eigenvalue weighted by molar-refractivity contribution is 6.01. The van der Waals surface area contributed by atoms with E-state index in [1.54, 1.807) is 11.0 Å². The Hall–Kier alpha value is -2.53. The molecule has 1 aliphatic heterocycles. The van der Waals surface area contributed by atoms with Crippen LogP contribution >= 0.6 is 12.4 Å². The van der Waals surface area contributed by atoms with Crippen LogP contribution in [0, 0.1) is 5.92 Å². The predicted molar refractivity (Wildman–Crippen MR) is 99.8 cm³/mol. The average molecular weight is 361 g/mol. The Morgan fingerprint density at radius 3 is 2.36 bits per heavy atom. The van der Waals surface area contributed by atoms with E-state index in [4.69, 9.17) is 5.11 Å². The molecule has 0 radical (unpaired) electrons. The number of amides is 1. The molecule has 132 valence electrons. The number of hydrogen-bond donors (Lipinski definition) is 1. The molecule has 1 atom stereocenters. The molecule has 0 saturated carbocycles. The van der Waals surface area contributed by atoms with E-state index in [-0.39, 0.29) is 24.9 Å². The van der Waals surface area contributed by atoms with E-state index in [2.05, 4.69) is 0 Å². The fraction of sp³-hybridized carbons (Fsp3) is 0.263. The lowest BCUT2D eigenvalue weighted by atomic mass is 10.1. The number of carbonyl (C=O) groups is 2. The molecule has 1 heterocycles. The van der Waals surface area contributed by atoms with Crippen LogP contribution in [-0.4, -0.2) is 42.0 Å². The maximum Gasteiger partial charge on any atom is 0.308 e. The highest BCUT2D eigenvalue weighted by Crippen LogP contribution is 2.29. The van der Waals surface area contributed by atoms with Crippen molar-refractivity contribution in [2.45, 2.75) is 6.42 Å². The van der Waals surface area contributed by atoms with E-state index < -0.39 is 11.9 Å². The molecule has 0 bridgehead atoms. The number of nitrogens with zero attached hydrogens (tertiary/aromatic N) is 2. The minimum absolute atomic E-state index is 0. The Bertz CT molecular complexity index is 751. The minimum Gasteiger partial charge on any atom is -0.481 e. The average Bonchev–Trinajstić information content (AvgIpc) is 3.12. The molecule has 1 unspecified atom stereocenters. The van der Waals surface area contributed by atoms with Gasteiger partial charge in [-0.25, -0.2) is 0 Å². The number of hydrogen-bond acceptors (Lipinski definition) is 3. The van der Waals surface area contributed by atoms with Crippen LogP contribution in [0.15, 0.2) is 54.6 Å². The first-order valence-corrected chi connectivity index (χ1v) is 7.98. The van der Waals surface area contributed by atoms with Gasteiger partial charge in [0.2, 0.25) is 0 Å². The van der Waals surface area contributed by atoms with Crippen LogP contribution in [0.5, 0.6) is 0 Å². The summed E-state index contributed by atoms with van der Waals surface area (Å²) in [6.45, 7) is 0.761. The van der Waals surface area contributed by atoms with Crippen molar-refractivity contribution in [1.29, 1.82) is 0 Å². The zero-order chi connectivity index (χ0) is 17.1. The Kier molecular flexibility index (Phi) is 6.04. The molecular formula is C19H21ClN2O3. The van der Waals surface area contributed by atoms with E-state index in [1.165, 1.54) is 0 Å². The van der Waals surface area contributed by atoms with E-state index in [0.717, 1.165) is 11.4 Å². The second-order valence-electron chi connectivity index (χ2n) is 5.99. The van der Waals surface area contributed by atoms with Gasteiger partial charge in [0.05, 0.1) is 17.2 Å². The lowest BCUT2D eigenvalue weighted by molar-refractivity contribution is -0.141. The number of aliphatic carboxylic acids is 1. The Balaban J connectivity index is 0.00000225. The summed E-state index contributed by atoms with van der Waals surface area (Å²) in [4.78, 5) is 27.6. The number of carboxylic acid groups (broad SMARTS) is 1. The second-order valence-corrected chi connectivity index (χ2v) is 5.99. The highest BCUT2D eigenvalue weighted by Gasteiger charge is 2.32. The predicted octanol–water partition coefficient (Wildman–Crippen LogP) is 3.42. The lowest BCUT2D eigenvalue weighted by Crippen LogP contribution is -2.31. The summed E-state index contributed by atoms with van der Waals surface area (Å²) in [6, 6.07) is 17.3. The Labute approximate surface area is 153 Å². The first kappa shape index (κ1) is 18.8. The molecule has 25 heavy (non-hydrogen) atoms. The third-order valence-electron chi connectivity index (χ3n) is 4.46. The van der Waals surface area contributed by atoms with E-state index >= 15 is 0 Å². The van der Waals surface area contributed by atoms with Gasteiger partial charge >= 0.3 is 5.97 Å². The first-order chi connectivity index (χ1) is 11.6. The zero-order valence-electron chi connectivity index (χ0n) is 14.0. The van der Waals surface area contributed by atoms with Crippen LogP contribution in [0.4, 0.5) is 11.4 Å². The number of rotatable bonds is 4. The summed E-state index contributed by atoms with van der Waals surface area (Å²) in [5.41, 5.74) is 2.39. The Morgan fingerprint density at radius 2 is 1.72 bits per heavy atom. The number of benzene rings is 2. The standard InChI is InChI=1S/C19H20N2O3.ClH/c1-20(15-7-3-2-4-8-15)17-10-6-5-9-16(17)18(22)21-12-11-14(13-21)19(23)24;/h2-10,14H,11-13H2,1H3,(H,23,24);1H. The number of para-hydroxylation sites is 2. The van der Waals surface area contributed by atoms with Gasteiger partial charge in [0, 0.05) is 25.8 Å². The number of carboxylic acids is 1. The molecule has 1 amide bonds. The molecule has 5 nitrogen and oxygen atoms in total. The fourth-order valence-corrected chi connectivity index (χ4v) is 3.05. The van der Waals surface area contributed by atoms with Crippen molar-refractivity contribution in [2.24, 2.45) is 5.92 Å². The van der Waals surface area contributed by atoms with Gasteiger partial charge in [0.1, 0.15) is 0 Å². The van der Waals surface area contributed by atoms with Gasteiger partial charge in [-0.1, -0.05) is 30.3 Å². The van der Waals surface area contributed by atoms with Crippen LogP contribution in [0.2, 0.25) is 0 Å². The smallest absolute Gasteiger partial charge is 0.308 e. The fourth-order valence-electron chi connectivity index (χ4n) is 3.05. The lowest BCUT2D eigenvalue weighted by Gasteiger charge is -2.24. The molecule has 0 aliphatic carbocycles. The van der Waals surface area contributed by atoms with Crippen molar-refractivity contribution in [3.05, 3.63) is 60.2 Å². The normalized spacial score (nSPS) is 16.2. The van der Waals surface area contributed by atoms with Gasteiger partial charge in [-0.05, 0) is 30.7 Å². The van der Waals surface area contributed by atoms with E-state index in [9.17, 15) is 9.59 Å². The number of likely N-dealkylation sites (tertiary alicyclic amines) is 1. The molecule has 2 aromatic carbocycles. The van der Waals surface area contributed by atoms with Crippen LogP contribution in [0.1, 0.15) is 16.8 Å². The van der Waals surface area contributed by atoms with Crippen LogP contribution in [0.3, 0.4) is 0 Å². The molecule has 3 rings (SSSR count). The quantitative estimate of drug-likeness (QED) is 0.907. The van der Waals surface area contributed by atoms with Crippen molar-refractivity contribution in [2.75, 3.05) is 25.0 Å². The van der Waals surface area contributed by atoms with Crippen molar-refractivity contribution < 1.29 is 14.7 Å². The van der Waals surface area contributed by atoms with Gasteiger partial charge in [-0.3, -0.25) is 9.59 Å². The van der Waals surface area contributed by atoms with Gasteiger partial charge < -0.3 is 14.9 Å². The summed E-state index contributed by atoms with van der Waals surface area (Å²) in [5.74, 6) is -1.41. The van der Waals surface area contributed by atoms with Crippen molar-refractivity contribution in [3.63, 3.8) is 0 Å². The van der Waals surface area contributed by atoms with E-state index in [1.807, 2.05) is 60.5 Å². The largest absolute Gasteiger partial charge is 0.481 e. The summed E-state index contributed by atoms with van der Waals surface area (Å²) in [7, 11) is 1.92. The molecule has 6 heteroatoms. The molecule has 1 fully saturated rings. The third-order valence-corrected chi connectivity index (χ3v) is 4.46. The number of anilines is 2. The van der Waals surface area contributed by atoms with Crippen LogP contribution < -0.4 is 4.90 Å². The van der Waals surface area contributed by atoms with Crippen LogP contribution in [-0.2, 0) is 4.79 Å². The zero-order valence-corrected chi connectivity index (χ0v) is 14.8. The minimum atomic E-state index is -0.833. The summed E-state index contributed by atoms with van der Waals surface area (Å²) >= 11 is 0. The number of carbonyl (C=O) groups excluding carboxylic acids is 1. The maximum atomic E-state index is 12.9. The molecular weight excluding hydrogens is 340 g/mol. The molecule has 0 spiro atoms. The van der Waals surface area contributed by atoms with Crippen molar-refractivity contribution >= 4 is 35.7 Å². The second kappa shape index (κ2) is 8.03. The third kappa shape index (κ3) is 3.94. The number of halogens is 1. The van der Waals surface area contributed by atoms with Gasteiger partial charge in [-0.15, -0.1) is 12.4 Å². The Morgan fingerprint density at radius 1 is 1.08 bits per heavy atom. The van der Waals surface area contributed by atoms with Gasteiger partial charge in [0.15, 0.2) is 0 Å². The summed E-state index contributed by atoms with van der Waals surface area (Å²) < 4.78 is 0. The van der Waals surface area contributed by atoms with Crippen molar-refractivity contribution in [3.8, 4) is 0 Å². The maximum absolute atomic E-state index is 12.9. The summed E-state index contributed by atoms with van der Waals surface area (Å²) in [5, 5.41) is 9.13. The first-order valence-electron chi connectivity index (χ1n) is 7.98. The molecule has 1 aliphatic rings.